The van der Waals surface area contributed by atoms with E-state index in [2.05, 4.69) is 0 Å². The second kappa shape index (κ2) is 10.1. The molecule has 0 aliphatic carbocycles. The van der Waals surface area contributed by atoms with Gasteiger partial charge in [0, 0.05) is 24.9 Å². The fraction of sp³-hybridized carbons (Fsp3) is 0.480. The first-order chi connectivity index (χ1) is 16.1. The third-order valence-electron chi connectivity index (χ3n) is 6.53. The van der Waals surface area contributed by atoms with Gasteiger partial charge in [-0.15, -0.1) is 0 Å². The average Bonchev–Trinajstić information content (AvgIpc) is 3.27. The average molecular weight is 516 g/mol. The maximum Gasteiger partial charge on any atom is 0.416 e. The molecule has 2 fully saturated rings. The molecule has 0 saturated carbocycles. The lowest BCUT2D eigenvalue weighted by molar-refractivity contribution is -0.138. The van der Waals surface area contributed by atoms with Gasteiger partial charge in [-0.1, -0.05) is 40.9 Å². The first-order valence-electron chi connectivity index (χ1n) is 11.2. The fourth-order valence-electron chi connectivity index (χ4n) is 4.95. The van der Waals surface area contributed by atoms with E-state index in [1.807, 2.05) is 12.1 Å². The molecule has 0 bridgehead atoms. The number of alkyl halides is 3. The molecule has 0 spiro atoms. The van der Waals surface area contributed by atoms with Gasteiger partial charge in [0.05, 0.1) is 35.2 Å². The lowest BCUT2D eigenvalue weighted by Gasteiger charge is -2.44. The Labute approximate surface area is 206 Å². The van der Waals surface area contributed by atoms with Crippen molar-refractivity contribution >= 4 is 29.1 Å². The van der Waals surface area contributed by atoms with Crippen LogP contribution < -0.4 is 0 Å². The summed E-state index contributed by atoms with van der Waals surface area (Å²) in [5.41, 5.74) is 0.548. The number of hydrogen-bond acceptors (Lipinski definition) is 3. The lowest BCUT2D eigenvalue weighted by Crippen LogP contribution is -2.50. The molecule has 0 N–H and O–H groups in total. The van der Waals surface area contributed by atoms with Gasteiger partial charge < -0.3 is 14.4 Å². The first kappa shape index (κ1) is 25.3. The van der Waals surface area contributed by atoms with E-state index < -0.39 is 23.4 Å². The molecule has 0 unspecified atom stereocenters. The summed E-state index contributed by atoms with van der Waals surface area (Å²) in [6.07, 6.45) is -2.88. The van der Waals surface area contributed by atoms with Crippen LogP contribution >= 0.6 is 23.2 Å². The Morgan fingerprint density at radius 2 is 1.85 bits per heavy atom. The summed E-state index contributed by atoms with van der Waals surface area (Å²) in [5.74, 6) is -0.212. The number of likely N-dealkylation sites (tertiary alicyclic amines) is 1. The predicted molar refractivity (Wildman–Crippen MR) is 124 cm³/mol. The molecule has 2 saturated heterocycles. The SMILES string of the molecule is Cc1cc(CC(=O)N2CCC[C@](CC3OCCO3)(c3ccc(Cl)c(Cl)c3)C2)cc(C(F)(F)F)c1. The van der Waals surface area contributed by atoms with Crippen molar-refractivity contribution < 1.29 is 27.4 Å². The van der Waals surface area contributed by atoms with Gasteiger partial charge >= 0.3 is 6.18 Å². The topological polar surface area (TPSA) is 38.8 Å². The molecule has 2 aromatic carbocycles. The van der Waals surface area contributed by atoms with E-state index in [1.165, 1.54) is 0 Å². The molecule has 2 aliphatic heterocycles. The van der Waals surface area contributed by atoms with Gasteiger partial charge in [-0.25, -0.2) is 0 Å². The van der Waals surface area contributed by atoms with E-state index in [4.69, 9.17) is 32.7 Å². The molecule has 34 heavy (non-hydrogen) atoms. The van der Waals surface area contributed by atoms with Crippen LogP contribution in [0.25, 0.3) is 0 Å². The molecule has 4 nitrogen and oxygen atoms in total. The molecule has 184 valence electrons. The van der Waals surface area contributed by atoms with Gasteiger partial charge in [-0.3, -0.25) is 4.79 Å². The molecule has 1 amide bonds. The third-order valence-corrected chi connectivity index (χ3v) is 7.27. The normalized spacial score (nSPS) is 21.8. The Morgan fingerprint density at radius 1 is 1.12 bits per heavy atom. The van der Waals surface area contributed by atoms with Gasteiger partial charge in [-0.05, 0) is 55.2 Å². The zero-order chi connectivity index (χ0) is 24.5. The summed E-state index contributed by atoms with van der Waals surface area (Å²) < 4.78 is 51.2. The highest BCUT2D eigenvalue weighted by molar-refractivity contribution is 6.42. The number of piperidine rings is 1. The number of hydrogen-bond donors (Lipinski definition) is 0. The summed E-state index contributed by atoms with van der Waals surface area (Å²) in [7, 11) is 0. The van der Waals surface area contributed by atoms with Crippen molar-refractivity contribution in [2.75, 3.05) is 26.3 Å². The Hall–Kier alpha value is -1.80. The minimum atomic E-state index is -4.46. The van der Waals surface area contributed by atoms with Crippen LogP contribution in [0.5, 0.6) is 0 Å². The molecule has 2 aromatic rings. The van der Waals surface area contributed by atoms with Crippen LogP contribution in [0.15, 0.2) is 36.4 Å². The van der Waals surface area contributed by atoms with E-state index in [0.29, 0.717) is 53.9 Å². The molecule has 0 radical (unpaired) electrons. The predicted octanol–water partition coefficient (Wildman–Crippen LogP) is 6.19. The van der Waals surface area contributed by atoms with Crippen LogP contribution in [0, 0.1) is 6.92 Å². The molecule has 4 rings (SSSR count). The summed E-state index contributed by atoms with van der Waals surface area (Å²) in [4.78, 5) is 15.0. The van der Waals surface area contributed by atoms with Crippen molar-refractivity contribution in [1.82, 2.24) is 4.90 Å². The van der Waals surface area contributed by atoms with Crippen LogP contribution in [-0.2, 0) is 32.3 Å². The van der Waals surface area contributed by atoms with Crippen molar-refractivity contribution in [3.8, 4) is 0 Å². The Kier molecular flexibility index (Phi) is 7.48. The monoisotopic (exact) mass is 515 g/mol. The quantitative estimate of drug-likeness (QED) is 0.476. The van der Waals surface area contributed by atoms with Gasteiger partial charge in [-0.2, -0.15) is 13.2 Å². The summed E-state index contributed by atoms with van der Waals surface area (Å²) in [6, 6.07) is 9.25. The number of amides is 1. The highest BCUT2D eigenvalue weighted by Gasteiger charge is 2.42. The van der Waals surface area contributed by atoms with Crippen LogP contribution in [0.4, 0.5) is 13.2 Å². The van der Waals surface area contributed by atoms with E-state index >= 15 is 0 Å². The van der Waals surface area contributed by atoms with Gasteiger partial charge in [0.25, 0.3) is 0 Å². The molecule has 9 heteroatoms. The van der Waals surface area contributed by atoms with Crippen molar-refractivity contribution in [3.63, 3.8) is 0 Å². The summed E-state index contributed by atoms with van der Waals surface area (Å²) in [6.45, 7) is 3.55. The second-order valence-corrected chi connectivity index (χ2v) is 9.90. The van der Waals surface area contributed by atoms with Crippen molar-refractivity contribution in [2.24, 2.45) is 0 Å². The maximum absolute atomic E-state index is 13.3. The van der Waals surface area contributed by atoms with E-state index in [9.17, 15) is 18.0 Å². The zero-order valence-corrected chi connectivity index (χ0v) is 20.3. The minimum absolute atomic E-state index is 0.0986. The zero-order valence-electron chi connectivity index (χ0n) is 18.8. The number of rotatable bonds is 5. The maximum atomic E-state index is 13.3. The van der Waals surface area contributed by atoms with Gasteiger partial charge in [0.15, 0.2) is 6.29 Å². The Morgan fingerprint density at radius 3 is 2.53 bits per heavy atom. The van der Waals surface area contributed by atoms with Crippen LogP contribution in [0.3, 0.4) is 0 Å². The Balaban J connectivity index is 1.59. The fourth-order valence-corrected chi connectivity index (χ4v) is 5.25. The molecular formula is C25H26Cl2F3NO3. The second-order valence-electron chi connectivity index (χ2n) is 9.09. The number of carbonyl (C=O) groups excluding carboxylic acids is 1. The van der Waals surface area contributed by atoms with Gasteiger partial charge in [0.2, 0.25) is 5.91 Å². The molecular weight excluding hydrogens is 490 g/mol. The molecule has 2 heterocycles. The standard InChI is InChI=1S/C25H26Cl2F3NO3/c1-16-9-17(11-19(10-16)25(28,29)30)12-22(32)31-6-2-5-24(15-31,14-23-33-7-8-34-23)18-3-4-20(26)21(27)13-18/h3-4,9-11,13,23H,2,5-8,12,14-15H2,1H3/t24-/m1/s1. The van der Waals surface area contributed by atoms with Crippen LogP contribution in [-0.4, -0.2) is 43.4 Å². The van der Waals surface area contributed by atoms with Crippen molar-refractivity contribution in [2.45, 2.75) is 50.5 Å². The van der Waals surface area contributed by atoms with Crippen LogP contribution in [0.1, 0.15) is 41.5 Å². The lowest BCUT2D eigenvalue weighted by atomic mass is 9.71. The molecule has 0 aromatic heterocycles. The Bertz CT molecular complexity index is 1060. The number of aryl methyl sites for hydroxylation is 1. The van der Waals surface area contributed by atoms with Crippen LogP contribution in [0.2, 0.25) is 10.0 Å². The van der Waals surface area contributed by atoms with Gasteiger partial charge in [0.1, 0.15) is 0 Å². The van der Waals surface area contributed by atoms with Crippen molar-refractivity contribution in [3.05, 3.63) is 68.7 Å². The number of carbonyl (C=O) groups is 1. The third kappa shape index (κ3) is 5.70. The first-order valence-corrected chi connectivity index (χ1v) is 12.0. The smallest absolute Gasteiger partial charge is 0.350 e. The van der Waals surface area contributed by atoms with Crippen molar-refractivity contribution in [1.29, 1.82) is 0 Å². The van der Waals surface area contributed by atoms with E-state index in [1.54, 1.807) is 24.0 Å². The highest BCUT2D eigenvalue weighted by atomic mass is 35.5. The molecule has 1 atom stereocenters. The molecule has 2 aliphatic rings. The van der Waals surface area contributed by atoms with E-state index in [-0.39, 0.29) is 12.3 Å². The number of nitrogens with zero attached hydrogens (tertiary/aromatic N) is 1. The largest absolute Gasteiger partial charge is 0.416 e. The number of benzene rings is 2. The summed E-state index contributed by atoms with van der Waals surface area (Å²) in [5, 5.41) is 0.868. The number of halogens is 5. The highest BCUT2D eigenvalue weighted by Crippen LogP contribution is 2.41. The van der Waals surface area contributed by atoms with E-state index in [0.717, 1.165) is 30.5 Å². The minimum Gasteiger partial charge on any atom is -0.350 e. The summed E-state index contributed by atoms with van der Waals surface area (Å²) >= 11 is 12.5. The number of ether oxygens (including phenoxy) is 2.